The van der Waals surface area contributed by atoms with Crippen molar-refractivity contribution in [2.75, 3.05) is 6.80 Å². The molecule has 1 nitrogen and oxygen atoms in total. The monoisotopic (exact) mass is 127 g/mol. The van der Waals surface area contributed by atoms with Crippen LogP contribution in [0.2, 0.25) is 0 Å². The summed E-state index contributed by atoms with van der Waals surface area (Å²) in [5.41, 5.74) is 0. The highest BCUT2D eigenvalue weighted by Gasteiger charge is 1.84. The quantitative estimate of drug-likeness (QED) is 0.552. The average molecular weight is 128 g/mol. The summed E-state index contributed by atoms with van der Waals surface area (Å²) in [6.45, 7) is 3.39. The van der Waals surface area contributed by atoms with Crippen LogP contribution in [0.15, 0.2) is 0 Å². The van der Waals surface area contributed by atoms with Gasteiger partial charge in [0.05, 0.1) is 0 Å². The molecule has 0 unspecified atom stereocenters. The lowest BCUT2D eigenvalue weighted by atomic mass is 10.4. The Bertz CT molecular complexity index is 32.9. The maximum atomic E-state index is 11.1. The van der Waals surface area contributed by atoms with Gasteiger partial charge in [-0.05, 0) is 13.8 Å². The molecule has 0 aliphatic carbocycles. The molecular weight excluding hydrogens is 117 g/mol. The van der Waals surface area contributed by atoms with E-state index in [0.717, 1.165) is 0 Å². The Balaban J connectivity index is 0. The highest BCUT2D eigenvalue weighted by molar-refractivity contribution is 5.85. The molecule has 0 atom stereocenters. The zero-order chi connectivity index (χ0) is 4.99. The minimum atomic E-state index is -0.419. The van der Waals surface area contributed by atoms with Crippen LogP contribution in [0.5, 0.6) is 0 Å². The van der Waals surface area contributed by atoms with Gasteiger partial charge in [0.2, 0.25) is 0 Å². The second-order valence-electron chi connectivity index (χ2n) is 1.49. The van der Waals surface area contributed by atoms with Crippen LogP contribution in [-0.2, 0) is 0 Å². The molecule has 0 fully saturated rings. The molecule has 0 rings (SSSR count). The maximum Gasteiger partial charge on any atom is 0.140 e. The molecule has 0 aromatic heterocycles. The lowest BCUT2D eigenvalue weighted by Gasteiger charge is -1.98. The Morgan fingerprint density at radius 1 is 1.57 bits per heavy atom. The molecule has 0 aliphatic heterocycles. The highest BCUT2D eigenvalue weighted by atomic mass is 35.5. The predicted octanol–water partition coefficient (Wildman–Crippen LogP) is 1.33. The Morgan fingerprint density at radius 2 is 2.00 bits per heavy atom. The fraction of sp³-hybridized carbons (Fsp3) is 1.00. The molecule has 0 bridgehead atoms. The first-order chi connectivity index (χ1) is 2.77. The van der Waals surface area contributed by atoms with Crippen LogP contribution >= 0.6 is 12.4 Å². The van der Waals surface area contributed by atoms with Crippen LogP contribution in [0.1, 0.15) is 13.8 Å². The number of rotatable bonds is 2. The summed E-state index contributed by atoms with van der Waals surface area (Å²) < 4.78 is 11.1. The summed E-state index contributed by atoms with van der Waals surface area (Å²) in [4.78, 5) is 0. The van der Waals surface area contributed by atoms with Gasteiger partial charge in [-0.15, -0.1) is 12.4 Å². The highest BCUT2D eigenvalue weighted by Crippen LogP contribution is 1.72. The largest absolute Gasteiger partial charge is 0.288 e. The van der Waals surface area contributed by atoms with Crippen molar-refractivity contribution in [3.8, 4) is 0 Å². The SMILES string of the molecule is CC(C)NCF.Cl. The summed E-state index contributed by atoms with van der Waals surface area (Å²) in [5, 5.41) is 2.54. The van der Waals surface area contributed by atoms with Gasteiger partial charge >= 0.3 is 0 Å². The van der Waals surface area contributed by atoms with E-state index in [9.17, 15) is 4.39 Å². The van der Waals surface area contributed by atoms with E-state index in [1.807, 2.05) is 13.8 Å². The molecule has 46 valence electrons. The van der Waals surface area contributed by atoms with Crippen LogP contribution in [0.3, 0.4) is 0 Å². The van der Waals surface area contributed by atoms with Crippen molar-refractivity contribution in [1.29, 1.82) is 0 Å². The summed E-state index contributed by atoms with van der Waals surface area (Å²) in [6.07, 6.45) is 0. The standard InChI is InChI=1S/C4H10FN.ClH/c1-4(2)6-3-5;/h4,6H,3H2,1-2H3;1H. The number of hydrogen-bond acceptors (Lipinski definition) is 1. The molecule has 0 aliphatic rings. The normalized spacial score (nSPS) is 8.57. The minimum absolute atomic E-state index is 0. The van der Waals surface area contributed by atoms with Gasteiger partial charge in [0.25, 0.3) is 0 Å². The Labute approximate surface area is 49.7 Å². The molecule has 0 aromatic rings. The van der Waals surface area contributed by atoms with Crippen LogP contribution in [-0.4, -0.2) is 12.8 Å². The molecule has 0 heterocycles. The van der Waals surface area contributed by atoms with Crippen molar-refractivity contribution < 1.29 is 4.39 Å². The van der Waals surface area contributed by atoms with Crippen LogP contribution in [0, 0.1) is 0 Å². The minimum Gasteiger partial charge on any atom is -0.288 e. The third-order valence-corrected chi connectivity index (χ3v) is 0.485. The molecule has 0 saturated heterocycles. The van der Waals surface area contributed by atoms with Crippen molar-refractivity contribution in [2.45, 2.75) is 19.9 Å². The fourth-order valence-electron chi connectivity index (χ4n) is 0.154. The van der Waals surface area contributed by atoms with Gasteiger partial charge in [-0.2, -0.15) is 0 Å². The van der Waals surface area contributed by atoms with Crippen molar-refractivity contribution in [1.82, 2.24) is 5.32 Å². The molecule has 0 saturated carbocycles. The molecule has 7 heavy (non-hydrogen) atoms. The first-order valence-electron chi connectivity index (χ1n) is 2.06. The Kier molecular flexibility index (Phi) is 9.02. The summed E-state index contributed by atoms with van der Waals surface area (Å²) in [5.74, 6) is 0. The molecule has 0 aromatic carbocycles. The zero-order valence-electron chi connectivity index (χ0n) is 4.57. The van der Waals surface area contributed by atoms with E-state index >= 15 is 0 Å². The first kappa shape index (κ1) is 10.2. The van der Waals surface area contributed by atoms with E-state index in [-0.39, 0.29) is 18.4 Å². The molecule has 1 N–H and O–H groups in total. The molecule has 0 spiro atoms. The molecular formula is C4H11ClFN. The van der Waals surface area contributed by atoms with Gasteiger partial charge in [0.1, 0.15) is 6.80 Å². The number of halogens is 2. The zero-order valence-corrected chi connectivity index (χ0v) is 5.39. The second kappa shape index (κ2) is 6.18. The van der Waals surface area contributed by atoms with Crippen molar-refractivity contribution in [2.24, 2.45) is 0 Å². The summed E-state index contributed by atoms with van der Waals surface area (Å²) >= 11 is 0. The van der Waals surface area contributed by atoms with E-state index < -0.39 is 6.80 Å². The third kappa shape index (κ3) is 10.7. The fourth-order valence-corrected chi connectivity index (χ4v) is 0.154. The van der Waals surface area contributed by atoms with Gasteiger partial charge in [0, 0.05) is 6.04 Å². The lowest BCUT2D eigenvalue weighted by molar-refractivity contribution is 0.398. The van der Waals surface area contributed by atoms with Crippen molar-refractivity contribution in [3.63, 3.8) is 0 Å². The van der Waals surface area contributed by atoms with Gasteiger partial charge in [-0.3, -0.25) is 5.32 Å². The van der Waals surface area contributed by atoms with Crippen LogP contribution in [0.4, 0.5) is 4.39 Å². The van der Waals surface area contributed by atoms with E-state index in [2.05, 4.69) is 5.32 Å². The number of nitrogens with one attached hydrogen (secondary N) is 1. The Morgan fingerprint density at radius 3 is 2.00 bits per heavy atom. The van der Waals surface area contributed by atoms with Crippen LogP contribution in [0.25, 0.3) is 0 Å². The third-order valence-electron chi connectivity index (χ3n) is 0.485. The van der Waals surface area contributed by atoms with Crippen molar-refractivity contribution in [3.05, 3.63) is 0 Å². The van der Waals surface area contributed by atoms with E-state index in [1.54, 1.807) is 0 Å². The maximum absolute atomic E-state index is 11.1. The van der Waals surface area contributed by atoms with E-state index in [4.69, 9.17) is 0 Å². The molecule has 0 radical (unpaired) electrons. The average Bonchev–Trinajstić information content (AvgIpc) is 1.35. The second-order valence-corrected chi connectivity index (χ2v) is 1.49. The molecule has 0 amide bonds. The smallest absolute Gasteiger partial charge is 0.140 e. The lowest BCUT2D eigenvalue weighted by Crippen LogP contribution is -2.20. The predicted molar refractivity (Wildman–Crippen MR) is 31.5 cm³/mol. The molecule has 3 heteroatoms. The van der Waals surface area contributed by atoms with Crippen LogP contribution < -0.4 is 5.32 Å². The van der Waals surface area contributed by atoms with Gasteiger partial charge < -0.3 is 0 Å². The van der Waals surface area contributed by atoms with E-state index in [0.29, 0.717) is 0 Å². The van der Waals surface area contributed by atoms with Gasteiger partial charge in [-0.25, -0.2) is 4.39 Å². The summed E-state index contributed by atoms with van der Waals surface area (Å²) in [6, 6.07) is 0.273. The van der Waals surface area contributed by atoms with Gasteiger partial charge in [0.15, 0.2) is 0 Å². The van der Waals surface area contributed by atoms with Gasteiger partial charge in [-0.1, -0.05) is 0 Å². The Hall–Kier alpha value is 0.180. The topological polar surface area (TPSA) is 12.0 Å². The number of hydrogen-bond donors (Lipinski definition) is 1. The summed E-state index contributed by atoms with van der Waals surface area (Å²) in [7, 11) is 0. The van der Waals surface area contributed by atoms with Crippen molar-refractivity contribution >= 4 is 12.4 Å². The first-order valence-corrected chi connectivity index (χ1v) is 2.06. The number of alkyl halides is 1. The van der Waals surface area contributed by atoms with E-state index in [1.165, 1.54) is 0 Å².